The van der Waals surface area contributed by atoms with Crippen LogP contribution in [0.1, 0.15) is 10.4 Å². The van der Waals surface area contributed by atoms with Crippen molar-refractivity contribution in [2.45, 2.75) is 0 Å². The number of rotatable bonds is 7. The van der Waals surface area contributed by atoms with Crippen molar-refractivity contribution in [3.63, 3.8) is 0 Å². The van der Waals surface area contributed by atoms with Crippen LogP contribution in [0.2, 0.25) is 0 Å². The standard InChI is InChI=1S/C20H20N2O5S/c1-24-14-9-8-12(10-17(14)27-4)13-11-28-20(21-13)22-19(23)18-15(25-2)6-5-7-16(18)26-3/h5-11H,1-4H3,(H,21,22,23). The van der Waals surface area contributed by atoms with E-state index in [0.717, 1.165) is 5.56 Å². The van der Waals surface area contributed by atoms with E-state index in [0.29, 0.717) is 39.4 Å². The molecule has 3 aromatic rings. The first-order valence-electron chi connectivity index (χ1n) is 8.31. The molecular formula is C20H20N2O5S. The Hall–Kier alpha value is -3.26. The average Bonchev–Trinajstić information content (AvgIpc) is 3.20. The average molecular weight is 400 g/mol. The third-order valence-corrected chi connectivity index (χ3v) is 4.82. The van der Waals surface area contributed by atoms with Gasteiger partial charge in [0, 0.05) is 10.9 Å². The van der Waals surface area contributed by atoms with Gasteiger partial charge in [0.1, 0.15) is 17.1 Å². The van der Waals surface area contributed by atoms with Crippen molar-refractivity contribution in [3.8, 4) is 34.3 Å². The molecule has 7 nitrogen and oxygen atoms in total. The van der Waals surface area contributed by atoms with E-state index < -0.39 is 0 Å². The first-order valence-corrected chi connectivity index (χ1v) is 9.19. The van der Waals surface area contributed by atoms with E-state index in [-0.39, 0.29) is 5.91 Å². The predicted molar refractivity (Wildman–Crippen MR) is 108 cm³/mol. The van der Waals surface area contributed by atoms with Crippen LogP contribution in [0.4, 0.5) is 5.13 Å². The number of ether oxygens (including phenoxy) is 4. The van der Waals surface area contributed by atoms with E-state index in [4.69, 9.17) is 18.9 Å². The second-order valence-electron chi connectivity index (χ2n) is 5.60. The van der Waals surface area contributed by atoms with Gasteiger partial charge in [0.15, 0.2) is 16.6 Å². The number of methoxy groups -OCH3 is 4. The number of carbonyl (C=O) groups excluding carboxylic acids is 1. The van der Waals surface area contributed by atoms with Crippen molar-refractivity contribution < 1.29 is 23.7 Å². The molecule has 8 heteroatoms. The van der Waals surface area contributed by atoms with E-state index >= 15 is 0 Å². The summed E-state index contributed by atoms with van der Waals surface area (Å²) in [4.78, 5) is 17.3. The van der Waals surface area contributed by atoms with Gasteiger partial charge >= 0.3 is 0 Å². The molecule has 28 heavy (non-hydrogen) atoms. The smallest absolute Gasteiger partial charge is 0.265 e. The number of anilines is 1. The molecule has 1 heterocycles. The predicted octanol–water partition coefficient (Wildman–Crippen LogP) is 4.10. The molecule has 0 radical (unpaired) electrons. The maximum atomic E-state index is 12.8. The van der Waals surface area contributed by atoms with Crippen LogP contribution in [0.25, 0.3) is 11.3 Å². The highest BCUT2D eigenvalue weighted by atomic mass is 32.1. The molecule has 3 rings (SSSR count). The Bertz CT molecular complexity index is 964. The largest absolute Gasteiger partial charge is 0.496 e. The Kier molecular flexibility index (Phi) is 6.00. The molecule has 0 fully saturated rings. The van der Waals surface area contributed by atoms with Gasteiger partial charge in [-0.1, -0.05) is 6.07 Å². The van der Waals surface area contributed by atoms with Crippen LogP contribution in [0.5, 0.6) is 23.0 Å². The minimum absolute atomic E-state index is 0.315. The summed E-state index contributed by atoms with van der Waals surface area (Å²) in [5, 5.41) is 5.12. The second kappa shape index (κ2) is 8.62. The minimum atomic E-state index is -0.359. The van der Waals surface area contributed by atoms with Gasteiger partial charge in [-0.15, -0.1) is 11.3 Å². The zero-order chi connectivity index (χ0) is 20.1. The highest BCUT2D eigenvalue weighted by Crippen LogP contribution is 2.34. The van der Waals surface area contributed by atoms with Crippen LogP contribution in [0, 0.1) is 0 Å². The lowest BCUT2D eigenvalue weighted by molar-refractivity contribution is 0.102. The molecule has 2 aromatic carbocycles. The van der Waals surface area contributed by atoms with Gasteiger partial charge in [0.25, 0.3) is 5.91 Å². The summed E-state index contributed by atoms with van der Waals surface area (Å²) in [5.74, 6) is 1.74. The van der Waals surface area contributed by atoms with E-state index in [1.165, 1.54) is 25.6 Å². The molecule has 1 amide bonds. The van der Waals surface area contributed by atoms with Crippen LogP contribution < -0.4 is 24.3 Å². The van der Waals surface area contributed by atoms with Gasteiger partial charge < -0.3 is 18.9 Å². The summed E-state index contributed by atoms with van der Waals surface area (Å²) < 4.78 is 21.2. The minimum Gasteiger partial charge on any atom is -0.496 e. The Labute approximate surface area is 166 Å². The van der Waals surface area contributed by atoms with Gasteiger partial charge in [0.05, 0.1) is 34.1 Å². The van der Waals surface area contributed by atoms with E-state index in [1.54, 1.807) is 32.4 Å². The third-order valence-electron chi connectivity index (χ3n) is 4.06. The first-order chi connectivity index (χ1) is 13.6. The van der Waals surface area contributed by atoms with E-state index in [1.807, 2.05) is 23.6 Å². The van der Waals surface area contributed by atoms with Gasteiger partial charge in [-0.3, -0.25) is 10.1 Å². The van der Waals surface area contributed by atoms with E-state index in [9.17, 15) is 4.79 Å². The number of hydrogen-bond acceptors (Lipinski definition) is 7. The molecule has 0 saturated carbocycles. The lowest BCUT2D eigenvalue weighted by atomic mass is 10.1. The van der Waals surface area contributed by atoms with Crippen LogP contribution in [-0.4, -0.2) is 39.3 Å². The summed E-state index contributed by atoms with van der Waals surface area (Å²) >= 11 is 1.32. The highest BCUT2D eigenvalue weighted by molar-refractivity contribution is 7.14. The Morgan fingerprint density at radius 1 is 0.893 bits per heavy atom. The van der Waals surface area contributed by atoms with Crippen LogP contribution in [0.3, 0.4) is 0 Å². The maximum absolute atomic E-state index is 12.8. The molecule has 0 unspecified atom stereocenters. The number of aromatic nitrogens is 1. The summed E-state index contributed by atoms with van der Waals surface area (Å²) in [6.45, 7) is 0. The molecule has 0 saturated heterocycles. The molecule has 0 atom stereocenters. The Balaban J connectivity index is 1.85. The quantitative estimate of drug-likeness (QED) is 0.643. The fourth-order valence-electron chi connectivity index (χ4n) is 2.69. The molecule has 0 aliphatic rings. The number of benzene rings is 2. The molecule has 0 spiro atoms. The number of nitrogens with one attached hydrogen (secondary N) is 1. The summed E-state index contributed by atoms with van der Waals surface area (Å²) in [6, 6.07) is 10.7. The Morgan fingerprint density at radius 2 is 1.54 bits per heavy atom. The molecule has 0 bridgehead atoms. The molecular weight excluding hydrogens is 380 g/mol. The van der Waals surface area contributed by atoms with Crippen molar-refractivity contribution in [2.24, 2.45) is 0 Å². The van der Waals surface area contributed by atoms with Crippen LogP contribution in [-0.2, 0) is 0 Å². The first kappa shape index (κ1) is 19.5. The fourth-order valence-corrected chi connectivity index (χ4v) is 3.41. The molecule has 0 aliphatic carbocycles. The number of thiazole rings is 1. The lowest BCUT2D eigenvalue weighted by Crippen LogP contribution is -2.14. The molecule has 1 N–H and O–H groups in total. The van der Waals surface area contributed by atoms with Crippen molar-refractivity contribution in [3.05, 3.63) is 47.3 Å². The number of hydrogen-bond donors (Lipinski definition) is 1. The van der Waals surface area contributed by atoms with Crippen molar-refractivity contribution in [2.75, 3.05) is 33.8 Å². The van der Waals surface area contributed by atoms with Gasteiger partial charge in [-0.2, -0.15) is 0 Å². The van der Waals surface area contributed by atoms with Gasteiger partial charge in [0.2, 0.25) is 0 Å². The fraction of sp³-hybridized carbons (Fsp3) is 0.200. The molecule has 0 aliphatic heterocycles. The van der Waals surface area contributed by atoms with Gasteiger partial charge in [-0.25, -0.2) is 4.98 Å². The van der Waals surface area contributed by atoms with E-state index in [2.05, 4.69) is 10.3 Å². The summed E-state index contributed by atoms with van der Waals surface area (Å²) in [7, 11) is 6.17. The number of amides is 1. The summed E-state index contributed by atoms with van der Waals surface area (Å²) in [6.07, 6.45) is 0. The maximum Gasteiger partial charge on any atom is 0.265 e. The monoisotopic (exact) mass is 400 g/mol. The lowest BCUT2D eigenvalue weighted by Gasteiger charge is -2.11. The molecule has 1 aromatic heterocycles. The normalized spacial score (nSPS) is 10.3. The molecule has 146 valence electrons. The van der Waals surface area contributed by atoms with Crippen molar-refractivity contribution >= 4 is 22.4 Å². The van der Waals surface area contributed by atoms with Gasteiger partial charge in [-0.05, 0) is 30.3 Å². The Morgan fingerprint density at radius 3 is 2.14 bits per heavy atom. The highest BCUT2D eigenvalue weighted by Gasteiger charge is 2.19. The second-order valence-corrected chi connectivity index (χ2v) is 6.46. The zero-order valence-electron chi connectivity index (χ0n) is 15.9. The SMILES string of the molecule is COc1ccc(-c2csc(NC(=O)c3c(OC)cccc3OC)n2)cc1OC. The zero-order valence-corrected chi connectivity index (χ0v) is 16.8. The summed E-state index contributed by atoms with van der Waals surface area (Å²) in [5.41, 5.74) is 1.88. The number of nitrogens with zero attached hydrogens (tertiary/aromatic N) is 1. The van der Waals surface area contributed by atoms with Crippen molar-refractivity contribution in [1.82, 2.24) is 4.98 Å². The third kappa shape index (κ3) is 3.86. The number of carbonyl (C=O) groups is 1. The topological polar surface area (TPSA) is 78.9 Å². The van der Waals surface area contributed by atoms with Crippen LogP contribution >= 0.6 is 11.3 Å². The van der Waals surface area contributed by atoms with Crippen LogP contribution in [0.15, 0.2) is 41.8 Å². The van der Waals surface area contributed by atoms with Crippen molar-refractivity contribution in [1.29, 1.82) is 0 Å².